The van der Waals surface area contributed by atoms with Crippen LogP contribution < -0.4 is 5.43 Å². The summed E-state index contributed by atoms with van der Waals surface area (Å²) in [6.45, 7) is 3.97. The average molecular weight is 391 g/mol. The molecule has 0 atom stereocenters. The molecule has 3 aromatic carbocycles. The number of hydrogen-bond acceptors (Lipinski definition) is 2. The Hall–Kier alpha value is -3.92. The highest BCUT2D eigenvalue weighted by atomic mass is 16.2. The van der Waals surface area contributed by atoms with Gasteiger partial charge in [-0.3, -0.25) is 4.79 Å². The third-order valence-corrected chi connectivity index (χ3v) is 5.61. The van der Waals surface area contributed by atoms with Crippen molar-refractivity contribution in [2.45, 2.75) is 13.8 Å². The molecule has 4 nitrogen and oxygen atoms in total. The van der Waals surface area contributed by atoms with Crippen molar-refractivity contribution in [2.24, 2.45) is 5.10 Å². The van der Waals surface area contributed by atoms with E-state index in [-0.39, 0.29) is 5.91 Å². The molecule has 4 heteroatoms. The van der Waals surface area contributed by atoms with Crippen LogP contribution in [0.2, 0.25) is 0 Å². The first-order valence-corrected chi connectivity index (χ1v) is 9.96. The number of benzene rings is 3. The number of para-hydroxylation sites is 1. The van der Waals surface area contributed by atoms with Gasteiger partial charge in [-0.25, -0.2) is 5.43 Å². The molecule has 1 amide bonds. The molecule has 1 aromatic heterocycles. The number of carbonyl (C=O) groups is 1. The quantitative estimate of drug-likeness (QED) is 0.419. The lowest BCUT2D eigenvalue weighted by atomic mass is 10.1. The van der Waals surface area contributed by atoms with Gasteiger partial charge in [-0.1, -0.05) is 66.7 Å². The fourth-order valence-electron chi connectivity index (χ4n) is 4.25. The van der Waals surface area contributed by atoms with E-state index in [1.54, 1.807) is 0 Å². The monoisotopic (exact) mass is 391 g/mol. The van der Waals surface area contributed by atoms with Crippen LogP contribution in [-0.4, -0.2) is 16.2 Å². The molecule has 0 bridgehead atoms. The molecule has 1 N–H and O–H groups in total. The molecule has 0 spiro atoms. The number of nitrogens with one attached hydrogen (secondary N) is 1. The molecule has 146 valence electrons. The molecule has 1 aliphatic carbocycles. The van der Waals surface area contributed by atoms with Crippen LogP contribution in [0.1, 0.15) is 32.9 Å². The maximum absolute atomic E-state index is 13.0. The van der Waals surface area contributed by atoms with Crippen molar-refractivity contribution in [3.63, 3.8) is 0 Å². The molecule has 1 aliphatic rings. The summed E-state index contributed by atoms with van der Waals surface area (Å²) in [5, 5.41) is 4.54. The Morgan fingerprint density at radius 2 is 1.30 bits per heavy atom. The molecule has 0 fully saturated rings. The van der Waals surface area contributed by atoms with Crippen LogP contribution >= 0.6 is 0 Å². The fraction of sp³-hybridized carbons (Fsp3) is 0.0769. The van der Waals surface area contributed by atoms with Gasteiger partial charge in [0, 0.05) is 28.2 Å². The van der Waals surface area contributed by atoms with Gasteiger partial charge >= 0.3 is 0 Å². The minimum absolute atomic E-state index is 0.209. The van der Waals surface area contributed by atoms with Gasteiger partial charge in [0.2, 0.25) is 0 Å². The second-order valence-electron chi connectivity index (χ2n) is 7.45. The van der Waals surface area contributed by atoms with Crippen molar-refractivity contribution in [3.05, 3.63) is 113 Å². The van der Waals surface area contributed by atoms with E-state index in [9.17, 15) is 4.79 Å². The lowest BCUT2D eigenvalue weighted by Gasteiger charge is -2.09. The summed E-state index contributed by atoms with van der Waals surface area (Å²) in [5.41, 5.74) is 11.5. The number of hydrogen-bond donors (Lipinski definition) is 1. The zero-order valence-corrected chi connectivity index (χ0v) is 16.9. The number of amides is 1. The van der Waals surface area contributed by atoms with E-state index in [0.29, 0.717) is 5.56 Å². The zero-order valence-electron chi connectivity index (χ0n) is 16.9. The molecule has 4 aromatic rings. The number of hydrazone groups is 1. The number of rotatable bonds is 3. The maximum Gasteiger partial charge on any atom is 0.273 e. The van der Waals surface area contributed by atoms with E-state index in [0.717, 1.165) is 45.0 Å². The van der Waals surface area contributed by atoms with E-state index >= 15 is 0 Å². The largest absolute Gasteiger partial charge is 0.318 e. The Balaban J connectivity index is 1.50. The second-order valence-corrected chi connectivity index (χ2v) is 7.45. The van der Waals surface area contributed by atoms with Crippen LogP contribution in [0, 0.1) is 13.8 Å². The number of carbonyl (C=O) groups excluding carboxylic acids is 1. The highest BCUT2D eigenvalue weighted by molar-refractivity contribution is 6.24. The molecule has 0 unspecified atom stereocenters. The first-order valence-electron chi connectivity index (χ1n) is 9.96. The lowest BCUT2D eigenvalue weighted by Crippen LogP contribution is -2.20. The molecule has 0 saturated carbocycles. The number of nitrogens with zero attached hydrogens (tertiary/aromatic N) is 2. The van der Waals surface area contributed by atoms with Gasteiger partial charge in [-0.05, 0) is 43.2 Å². The molecule has 0 aliphatic heterocycles. The van der Waals surface area contributed by atoms with E-state index in [1.807, 2.05) is 86.6 Å². The summed E-state index contributed by atoms with van der Waals surface area (Å²) in [5.74, 6) is -0.209. The van der Waals surface area contributed by atoms with Crippen LogP contribution in [0.3, 0.4) is 0 Å². The van der Waals surface area contributed by atoms with Gasteiger partial charge < -0.3 is 4.57 Å². The highest BCUT2D eigenvalue weighted by Crippen LogP contribution is 2.36. The predicted octanol–water partition coefficient (Wildman–Crippen LogP) is 5.26. The van der Waals surface area contributed by atoms with Crippen LogP contribution in [0.25, 0.3) is 16.8 Å². The molecule has 0 saturated heterocycles. The summed E-state index contributed by atoms with van der Waals surface area (Å²) in [6.07, 6.45) is 0. The minimum Gasteiger partial charge on any atom is -0.318 e. The third kappa shape index (κ3) is 2.85. The third-order valence-electron chi connectivity index (χ3n) is 5.61. The smallest absolute Gasteiger partial charge is 0.273 e. The second kappa shape index (κ2) is 7.16. The SMILES string of the molecule is Cc1cc(C(=O)NN=C2c3ccccc3-c3ccccc32)c(C)n1-c1ccccc1. The highest BCUT2D eigenvalue weighted by Gasteiger charge is 2.24. The van der Waals surface area contributed by atoms with Gasteiger partial charge in [-0.15, -0.1) is 0 Å². The predicted molar refractivity (Wildman–Crippen MR) is 120 cm³/mol. The van der Waals surface area contributed by atoms with Crippen LogP contribution in [0.5, 0.6) is 0 Å². The molecular weight excluding hydrogens is 370 g/mol. The Kier molecular flexibility index (Phi) is 4.32. The van der Waals surface area contributed by atoms with E-state index in [4.69, 9.17) is 0 Å². The normalized spacial score (nSPS) is 11.7. The summed E-state index contributed by atoms with van der Waals surface area (Å²) in [7, 11) is 0. The summed E-state index contributed by atoms with van der Waals surface area (Å²) >= 11 is 0. The van der Waals surface area contributed by atoms with Gasteiger partial charge in [0.1, 0.15) is 0 Å². The minimum atomic E-state index is -0.209. The first-order chi connectivity index (χ1) is 14.6. The molecule has 30 heavy (non-hydrogen) atoms. The summed E-state index contributed by atoms with van der Waals surface area (Å²) < 4.78 is 2.09. The van der Waals surface area contributed by atoms with Gasteiger partial charge in [0.05, 0.1) is 11.3 Å². The Morgan fingerprint density at radius 1 is 0.767 bits per heavy atom. The number of aromatic nitrogens is 1. The van der Waals surface area contributed by atoms with Gasteiger partial charge in [-0.2, -0.15) is 5.10 Å². The van der Waals surface area contributed by atoms with Crippen LogP contribution in [0.4, 0.5) is 0 Å². The Morgan fingerprint density at radius 3 is 1.90 bits per heavy atom. The summed E-state index contributed by atoms with van der Waals surface area (Å²) in [4.78, 5) is 13.0. The topological polar surface area (TPSA) is 46.4 Å². The van der Waals surface area contributed by atoms with Crippen molar-refractivity contribution in [1.82, 2.24) is 9.99 Å². The molecule has 5 rings (SSSR count). The first kappa shape index (κ1) is 18.1. The van der Waals surface area contributed by atoms with E-state index in [2.05, 4.69) is 27.2 Å². The standard InChI is InChI=1S/C26H21N3O/c1-17-16-24(18(2)29(17)19-10-4-3-5-11-19)26(30)28-27-25-22-14-8-6-12-20(22)21-13-7-9-15-23(21)25/h3-16H,1-2H3,(H,28,30). The van der Waals surface area contributed by atoms with E-state index in [1.165, 1.54) is 0 Å². The van der Waals surface area contributed by atoms with Crippen LogP contribution in [0.15, 0.2) is 90.0 Å². The number of fused-ring (bicyclic) bond motifs is 3. The van der Waals surface area contributed by atoms with Crippen molar-refractivity contribution < 1.29 is 4.79 Å². The fourth-order valence-corrected chi connectivity index (χ4v) is 4.25. The van der Waals surface area contributed by atoms with Gasteiger partial charge in [0.15, 0.2) is 0 Å². The summed E-state index contributed by atoms with van der Waals surface area (Å²) in [6, 6.07) is 28.3. The number of aryl methyl sites for hydroxylation is 1. The lowest BCUT2D eigenvalue weighted by molar-refractivity contribution is 0.0954. The zero-order chi connectivity index (χ0) is 20.7. The Labute approximate surface area is 175 Å². The van der Waals surface area contributed by atoms with Crippen molar-refractivity contribution in [2.75, 3.05) is 0 Å². The average Bonchev–Trinajstić information content (AvgIpc) is 3.26. The van der Waals surface area contributed by atoms with Crippen molar-refractivity contribution in [1.29, 1.82) is 0 Å². The van der Waals surface area contributed by atoms with E-state index < -0.39 is 0 Å². The molecular formula is C26H21N3O. The van der Waals surface area contributed by atoms with Crippen LogP contribution in [-0.2, 0) is 0 Å². The van der Waals surface area contributed by atoms with Crippen molar-refractivity contribution >= 4 is 11.6 Å². The Bertz CT molecular complexity index is 1250. The van der Waals surface area contributed by atoms with Gasteiger partial charge in [0.25, 0.3) is 5.91 Å². The van der Waals surface area contributed by atoms with Crippen molar-refractivity contribution in [3.8, 4) is 16.8 Å². The molecule has 0 radical (unpaired) electrons. The maximum atomic E-state index is 13.0. The molecule has 1 heterocycles.